The van der Waals surface area contributed by atoms with E-state index in [-0.39, 0.29) is 11.8 Å². The lowest BCUT2D eigenvalue weighted by molar-refractivity contribution is -0.117. The topological polar surface area (TPSA) is 41.1 Å². The van der Waals surface area contributed by atoms with E-state index in [0.29, 0.717) is 5.92 Å². The molecule has 1 aromatic carbocycles. The Morgan fingerprint density at radius 2 is 2.12 bits per heavy atom. The average Bonchev–Trinajstić information content (AvgIpc) is 2.99. The Bertz CT molecular complexity index is 389. The van der Waals surface area contributed by atoms with Crippen molar-refractivity contribution in [2.45, 2.75) is 19.9 Å². The number of amides is 1. The van der Waals surface area contributed by atoms with Gasteiger partial charge in [0.05, 0.1) is 0 Å². The van der Waals surface area contributed by atoms with E-state index in [1.54, 1.807) is 0 Å². The van der Waals surface area contributed by atoms with Gasteiger partial charge in [-0.2, -0.15) is 0 Å². The van der Waals surface area contributed by atoms with Crippen LogP contribution in [0.25, 0.3) is 0 Å². The van der Waals surface area contributed by atoms with Gasteiger partial charge in [-0.15, -0.1) is 0 Å². The SMILES string of the molecule is CNCc1ccccc1NC(=O)C1CC1C. The second-order valence-electron chi connectivity index (χ2n) is 4.50. The molecule has 3 heteroatoms. The van der Waals surface area contributed by atoms with Crippen LogP contribution in [-0.2, 0) is 11.3 Å². The summed E-state index contributed by atoms with van der Waals surface area (Å²) in [5.74, 6) is 0.940. The third-order valence-corrected chi connectivity index (χ3v) is 3.09. The molecule has 0 spiro atoms. The lowest BCUT2D eigenvalue weighted by Crippen LogP contribution is -2.17. The molecule has 1 aliphatic rings. The molecule has 2 unspecified atom stereocenters. The Morgan fingerprint density at radius 3 is 2.75 bits per heavy atom. The predicted molar refractivity (Wildman–Crippen MR) is 65.1 cm³/mol. The average molecular weight is 218 g/mol. The highest BCUT2D eigenvalue weighted by Gasteiger charge is 2.39. The number of carbonyl (C=O) groups excluding carboxylic acids is 1. The minimum atomic E-state index is 0.163. The summed E-state index contributed by atoms with van der Waals surface area (Å²) >= 11 is 0. The van der Waals surface area contributed by atoms with Gasteiger partial charge < -0.3 is 10.6 Å². The highest BCUT2D eigenvalue weighted by atomic mass is 16.2. The van der Waals surface area contributed by atoms with E-state index in [4.69, 9.17) is 0 Å². The number of hydrogen-bond donors (Lipinski definition) is 2. The van der Waals surface area contributed by atoms with Gasteiger partial charge >= 0.3 is 0 Å². The van der Waals surface area contributed by atoms with E-state index in [9.17, 15) is 4.79 Å². The maximum atomic E-state index is 11.8. The van der Waals surface area contributed by atoms with Gasteiger partial charge in [-0.05, 0) is 31.0 Å². The molecule has 0 heterocycles. The zero-order chi connectivity index (χ0) is 11.5. The van der Waals surface area contributed by atoms with Gasteiger partial charge in [0.1, 0.15) is 0 Å². The van der Waals surface area contributed by atoms with Crippen LogP contribution >= 0.6 is 0 Å². The van der Waals surface area contributed by atoms with Crippen LogP contribution < -0.4 is 10.6 Å². The first-order valence-electron chi connectivity index (χ1n) is 5.75. The second kappa shape index (κ2) is 4.66. The number of nitrogens with one attached hydrogen (secondary N) is 2. The molecule has 2 N–H and O–H groups in total. The molecule has 0 aromatic heterocycles. The Morgan fingerprint density at radius 1 is 1.44 bits per heavy atom. The van der Waals surface area contributed by atoms with Crippen molar-refractivity contribution < 1.29 is 4.79 Å². The number of para-hydroxylation sites is 1. The smallest absolute Gasteiger partial charge is 0.227 e. The summed E-state index contributed by atoms with van der Waals surface area (Å²) in [6, 6.07) is 7.92. The number of hydrogen-bond acceptors (Lipinski definition) is 2. The van der Waals surface area contributed by atoms with E-state index in [2.05, 4.69) is 17.6 Å². The Kier molecular flexibility index (Phi) is 3.25. The predicted octanol–water partition coefficient (Wildman–Crippen LogP) is 2.00. The summed E-state index contributed by atoms with van der Waals surface area (Å²) < 4.78 is 0. The fraction of sp³-hybridized carbons (Fsp3) is 0.462. The van der Waals surface area contributed by atoms with Gasteiger partial charge in [0.25, 0.3) is 0 Å². The molecule has 16 heavy (non-hydrogen) atoms. The van der Waals surface area contributed by atoms with Gasteiger partial charge in [0.15, 0.2) is 0 Å². The van der Waals surface area contributed by atoms with Crippen molar-refractivity contribution in [1.82, 2.24) is 5.32 Å². The molecule has 0 aliphatic heterocycles. The van der Waals surface area contributed by atoms with E-state index < -0.39 is 0 Å². The van der Waals surface area contributed by atoms with Crippen molar-refractivity contribution in [3.8, 4) is 0 Å². The largest absolute Gasteiger partial charge is 0.326 e. The summed E-state index contributed by atoms with van der Waals surface area (Å²) in [5, 5.41) is 6.11. The molecule has 86 valence electrons. The molecule has 0 radical (unpaired) electrons. The number of rotatable bonds is 4. The summed E-state index contributed by atoms with van der Waals surface area (Å²) in [5.41, 5.74) is 2.06. The molecule has 2 atom stereocenters. The molecular weight excluding hydrogens is 200 g/mol. The van der Waals surface area contributed by atoms with Crippen molar-refractivity contribution in [3.05, 3.63) is 29.8 Å². The molecule has 0 bridgehead atoms. The highest BCUT2D eigenvalue weighted by molar-refractivity contribution is 5.95. The number of benzene rings is 1. The van der Waals surface area contributed by atoms with E-state index >= 15 is 0 Å². The molecule has 2 rings (SSSR count). The molecule has 1 amide bonds. The number of anilines is 1. The van der Waals surface area contributed by atoms with Crippen LogP contribution in [0.3, 0.4) is 0 Å². The zero-order valence-corrected chi connectivity index (χ0v) is 9.79. The summed E-state index contributed by atoms with van der Waals surface area (Å²) in [6.45, 7) is 2.89. The van der Waals surface area contributed by atoms with Crippen LogP contribution in [0.2, 0.25) is 0 Å². The quantitative estimate of drug-likeness (QED) is 0.811. The van der Waals surface area contributed by atoms with Crippen LogP contribution in [0, 0.1) is 11.8 Å². The molecule has 3 nitrogen and oxygen atoms in total. The maximum absolute atomic E-state index is 11.8. The van der Waals surface area contributed by atoms with Crippen molar-refractivity contribution in [2.75, 3.05) is 12.4 Å². The molecule has 1 saturated carbocycles. The minimum absolute atomic E-state index is 0.163. The van der Waals surface area contributed by atoms with Crippen LogP contribution in [0.4, 0.5) is 5.69 Å². The van der Waals surface area contributed by atoms with Crippen molar-refractivity contribution in [2.24, 2.45) is 11.8 Å². The third-order valence-electron chi connectivity index (χ3n) is 3.09. The van der Waals surface area contributed by atoms with Crippen LogP contribution in [-0.4, -0.2) is 13.0 Å². The van der Waals surface area contributed by atoms with E-state index in [1.165, 1.54) is 0 Å². The van der Waals surface area contributed by atoms with E-state index in [1.807, 2.05) is 31.3 Å². The van der Waals surface area contributed by atoms with Gasteiger partial charge in [-0.1, -0.05) is 25.1 Å². The molecule has 1 aliphatic carbocycles. The lowest BCUT2D eigenvalue weighted by atomic mass is 10.1. The monoisotopic (exact) mass is 218 g/mol. The van der Waals surface area contributed by atoms with E-state index in [0.717, 1.165) is 24.2 Å². The summed E-state index contributed by atoms with van der Waals surface area (Å²) in [6.07, 6.45) is 1.03. The Hall–Kier alpha value is -1.35. The first-order chi connectivity index (χ1) is 7.72. The van der Waals surface area contributed by atoms with Crippen LogP contribution in [0.1, 0.15) is 18.9 Å². The lowest BCUT2D eigenvalue weighted by Gasteiger charge is -2.10. The maximum Gasteiger partial charge on any atom is 0.227 e. The molecule has 1 fully saturated rings. The Labute approximate surface area is 96.2 Å². The molecule has 0 saturated heterocycles. The third kappa shape index (κ3) is 2.42. The second-order valence-corrected chi connectivity index (χ2v) is 4.50. The highest BCUT2D eigenvalue weighted by Crippen LogP contribution is 2.38. The van der Waals surface area contributed by atoms with Crippen molar-refractivity contribution in [1.29, 1.82) is 0 Å². The van der Waals surface area contributed by atoms with Crippen molar-refractivity contribution >= 4 is 11.6 Å². The summed E-state index contributed by atoms with van der Waals surface area (Å²) in [4.78, 5) is 11.8. The van der Waals surface area contributed by atoms with Crippen molar-refractivity contribution in [3.63, 3.8) is 0 Å². The standard InChI is InChI=1S/C13H18N2O/c1-9-7-11(9)13(16)15-12-6-4-3-5-10(12)8-14-2/h3-6,9,11,14H,7-8H2,1-2H3,(H,15,16). The molecule has 1 aromatic rings. The van der Waals surface area contributed by atoms with Gasteiger partial charge in [0, 0.05) is 18.2 Å². The normalized spacial score (nSPS) is 22.9. The van der Waals surface area contributed by atoms with Gasteiger partial charge in [-0.3, -0.25) is 4.79 Å². The fourth-order valence-electron chi connectivity index (χ4n) is 1.90. The Balaban J connectivity index is 2.05. The van der Waals surface area contributed by atoms with Crippen LogP contribution in [0.15, 0.2) is 24.3 Å². The fourth-order valence-corrected chi connectivity index (χ4v) is 1.90. The summed E-state index contributed by atoms with van der Waals surface area (Å²) in [7, 11) is 1.90. The molecular formula is C13H18N2O. The van der Waals surface area contributed by atoms with Gasteiger partial charge in [-0.25, -0.2) is 0 Å². The zero-order valence-electron chi connectivity index (χ0n) is 9.79. The van der Waals surface area contributed by atoms with Crippen LogP contribution in [0.5, 0.6) is 0 Å². The number of carbonyl (C=O) groups is 1. The first kappa shape index (κ1) is 11.1. The first-order valence-corrected chi connectivity index (χ1v) is 5.75. The van der Waals surface area contributed by atoms with Gasteiger partial charge in [0.2, 0.25) is 5.91 Å². The minimum Gasteiger partial charge on any atom is -0.326 e.